The second-order valence-corrected chi connectivity index (χ2v) is 45.1. The van der Waals surface area contributed by atoms with Crippen LogP contribution in [0.4, 0.5) is 13.2 Å². The molecule has 0 heterocycles. The van der Waals surface area contributed by atoms with Gasteiger partial charge in [-0.2, -0.15) is 0 Å². The maximum absolute atomic E-state index is 13.7. The average molecular weight is 1480 g/mol. The Morgan fingerprint density at radius 1 is 0.416 bits per heavy atom. The SMILES string of the molecule is ClCBr.ClC[Si](CCl)(C1CCCCC1)C1CCCCC1.Cl[Si](Cl)(C1CCCCC1)C1CCCCC1.Fc1ccc(OC[Si](COc2ccc(F)cc2Br)(C2CCCCC2)C2CCCCC2)c(Br)c1.Oc1ccc(F)cc1Br. The fourth-order valence-electron chi connectivity index (χ4n) is 13.8. The van der Waals surface area contributed by atoms with Crippen LogP contribution < -0.4 is 9.47 Å². The van der Waals surface area contributed by atoms with E-state index in [1.165, 1.54) is 235 Å². The van der Waals surface area contributed by atoms with Crippen molar-refractivity contribution < 1.29 is 27.8 Å². The molecular weight excluding hydrogens is 1390 g/mol. The Balaban J connectivity index is 0.000000207. The lowest BCUT2D eigenvalue weighted by atomic mass is 9.99. The first-order valence-electron chi connectivity index (χ1n) is 29.0. The summed E-state index contributed by atoms with van der Waals surface area (Å²) in [5.41, 5.74) is 6.43. The van der Waals surface area contributed by atoms with E-state index in [4.69, 9.17) is 71.5 Å². The van der Waals surface area contributed by atoms with Crippen molar-refractivity contribution >= 4 is 144 Å². The van der Waals surface area contributed by atoms with Gasteiger partial charge in [-0.1, -0.05) is 209 Å². The van der Waals surface area contributed by atoms with E-state index in [1.54, 1.807) is 12.1 Å². The number of hydrogen-bond acceptors (Lipinski definition) is 3. The normalized spacial score (nSPS) is 19.9. The van der Waals surface area contributed by atoms with Gasteiger partial charge >= 0.3 is 0 Å². The summed E-state index contributed by atoms with van der Waals surface area (Å²) < 4.78 is 54.2. The minimum Gasteiger partial charge on any atom is -0.507 e. The average Bonchev–Trinajstić information content (AvgIpc) is 3.46. The summed E-state index contributed by atoms with van der Waals surface area (Å²) in [4.78, 5) is 0.535. The van der Waals surface area contributed by atoms with Crippen LogP contribution in [0.15, 0.2) is 68.0 Å². The van der Waals surface area contributed by atoms with Crippen molar-refractivity contribution in [2.75, 3.05) is 28.3 Å². The van der Waals surface area contributed by atoms with E-state index < -0.39 is 22.8 Å². The molecule has 6 aliphatic rings. The van der Waals surface area contributed by atoms with Crippen molar-refractivity contribution in [3.8, 4) is 17.2 Å². The second-order valence-electron chi connectivity index (χ2n) is 22.8. The van der Waals surface area contributed by atoms with Crippen LogP contribution in [0.1, 0.15) is 193 Å². The highest BCUT2D eigenvalue weighted by Gasteiger charge is 2.51. The summed E-state index contributed by atoms with van der Waals surface area (Å²) in [6.45, 7) is -1.96. The van der Waals surface area contributed by atoms with Gasteiger partial charge in [0.1, 0.15) is 42.8 Å². The third-order valence-electron chi connectivity index (χ3n) is 18.2. The molecule has 0 spiro atoms. The standard InChI is InChI=1S/C26H32Br2F2O2Si.C14H26Cl2Si.C12H22Cl2Si.C6H4BrFO.CH2BrCl/c27-23-15-19(29)11-13-25(23)31-17-33(21-7-3-1-4-8-21,22-9-5-2-6-10-22)18-32-26-14-12-20(30)16-24(26)28;15-11-17(12-16,13-7-3-1-4-8-13)14-9-5-2-6-10-14;13-15(14,11-7-3-1-4-8-11)12-9-5-2-6-10-12;7-5-3-4(8)1-2-6(5)9;2-1-3/h11-16,21-22H,1-10,17-18H2;13-14H,1-12H2;11-12H,1-10H2;1-3,9H;1H2. The number of alkyl halides is 4. The van der Waals surface area contributed by atoms with Crippen molar-refractivity contribution in [3.05, 3.63) is 85.5 Å². The molecule has 3 aromatic carbocycles. The molecule has 0 aliphatic heterocycles. The van der Waals surface area contributed by atoms with E-state index in [0.717, 1.165) is 22.1 Å². The van der Waals surface area contributed by atoms with Gasteiger partial charge in [-0.3, -0.25) is 0 Å². The zero-order chi connectivity index (χ0) is 55.7. The molecule has 0 saturated heterocycles. The quantitative estimate of drug-likeness (QED) is 0.0993. The molecule has 6 saturated carbocycles. The van der Waals surface area contributed by atoms with Crippen molar-refractivity contribution in [1.29, 1.82) is 0 Å². The summed E-state index contributed by atoms with van der Waals surface area (Å²) in [5, 5.41) is 8.83. The minimum absolute atomic E-state index is 0.0522. The predicted octanol–water partition coefficient (Wildman–Crippen LogP) is 24.2. The molecule has 18 heteroatoms. The molecule has 9 rings (SSSR count). The topological polar surface area (TPSA) is 38.7 Å². The molecule has 77 heavy (non-hydrogen) atoms. The molecule has 6 aliphatic carbocycles. The Bertz CT molecular complexity index is 2010. The smallest absolute Gasteiger partial charge is 0.257 e. The van der Waals surface area contributed by atoms with Crippen LogP contribution in [-0.4, -0.2) is 56.2 Å². The van der Waals surface area contributed by atoms with E-state index in [-0.39, 0.29) is 23.2 Å². The van der Waals surface area contributed by atoms with Gasteiger partial charge in [0, 0.05) is 11.0 Å². The van der Waals surface area contributed by atoms with Gasteiger partial charge < -0.3 is 14.6 Å². The zero-order valence-electron chi connectivity index (χ0n) is 45.2. The van der Waals surface area contributed by atoms with Gasteiger partial charge in [0.15, 0.2) is 0 Å². The van der Waals surface area contributed by atoms with E-state index in [9.17, 15) is 13.2 Å². The van der Waals surface area contributed by atoms with Crippen LogP contribution in [0, 0.1) is 17.5 Å². The van der Waals surface area contributed by atoms with Crippen LogP contribution in [0.25, 0.3) is 0 Å². The number of rotatable bonds is 14. The van der Waals surface area contributed by atoms with E-state index in [2.05, 4.69) is 63.7 Å². The number of halogens is 12. The van der Waals surface area contributed by atoms with E-state index in [1.807, 2.05) is 0 Å². The maximum Gasteiger partial charge on any atom is 0.257 e. The highest BCUT2D eigenvalue weighted by molar-refractivity contribution is 9.11. The van der Waals surface area contributed by atoms with Gasteiger partial charge in [0.05, 0.1) is 38.7 Å². The molecule has 0 radical (unpaired) electrons. The van der Waals surface area contributed by atoms with E-state index in [0.29, 0.717) is 64.3 Å². The first-order chi connectivity index (χ1) is 37.1. The van der Waals surface area contributed by atoms with Gasteiger partial charge in [0.25, 0.3) is 6.69 Å². The van der Waals surface area contributed by atoms with Crippen LogP contribution in [0.5, 0.6) is 17.2 Å². The number of benzene rings is 3. The maximum atomic E-state index is 13.7. The van der Waals surface area contributed by atoms with E-state index >= 15 is 0 Å². The zero-order valence-corrected chi connectivity index (χ0v) is 58.3. The summed E-state index contributed by atoms with van der Waals surface area (Å²) in [6, 6.07) is 13.0. The molecule has 0 atom stereocenters. The molecule has 3 aromatic rings. The van der Waals surface area contributed by atoms with Gasteiger partial charge in [-0.05, 0) is 136 Å². The summed E-state index contributed by atoms with van der Waals surface area (Å²) >= 11 is 44.3. The van der Waals surface area contributed by atoms with Gasteiger partial charge in [-0.15, -0.1) is 57.0 Å². The van der Waals surface area contributed by atoms with Crippen molar-refractivity contribution in [2.45, 2.75) is 226 Å². The number of phenols is 1. The fourth-order valence-corrected chi connectivity index (χ4v) is 34.5. The molecule has 1 N–H and O–H groups in total. The third kappa shape index (κ3) is 21.4. The minimum atomic E-state index is -2.11. The van der Waals surface area contributed by atoms with Crippen LogP contribution >= 0.6 is 121 Å². The van der Waals surface area contributed by atoms with Crippen LogP contribution in [0.2, 0.25) is 33.2 Å². The summed E-state index contributed by atoms with van der Waals surface area (Å²) in [5.74, 6) is 0.533. The lowest BCUT2D eigenvalue weighted by Crippen LogP contribution is -2.56. The monoisotopic (exact) mass is 1470 g/mol. The van der Waals surface area contributed by atoms with Crippen LogP contribution in [-0.2, 0) is 0 Å². The first-order valence-corrected chi connectivity index (χ1v) is 43.5. The Labute approximate surface area is 523 Å². The molecule has 0 aromatic heterocycles. The summed E-state index contributed by atoms with van der Waals surface area (Å²) in [7, 11) is -3.52. The van der Waals surface area contributed by atoms with Crippen molar-refractivity contribution in [1.82, 2.24) is 0 Å². The van der Waals surface area contributed by atoms with Crippen LogP contribution in [0.3, 0.4) is 0 Å². The highest BCUT2D eigenvalue weighted by Crippen LogP contribution is 2.53. The molecular formula is C59H86Br4Cl5F3O3Si3. The van der Waals surface area contributed by atoms with Gasteiger partial charge in [0.2, 0.25) is 0 Å². The molecule has 0 bridgehead atoms. The second kappa shape index (κ2) is 36.7. The fraction of sp³-hybridized carbons (Fsp3) is 0.695. The molecule has 0 unspecified atom stereocenters. The molecule has 3 nitrogen and oxygen atoms in total. The number of phenolic OH excluding ortho intramolecular Hbond substituents is 1. The molecule has 0 amide bonds. The Morgan fingerprint density at radius 2 is 0.675 bits per heavy atom. The third-order valence-corrected chi connectivity index (χ3v) is 41.2. The number of ether oxygens (including phenoxy) is 2. The lowest BCUT2D eigenvalue weighted by molar-refractivity contribution is 0.312. The Hall–Kier alpha value is 0.871. The first kappa shape index (κ1) is 68.6. The molecule has 6 fully saturated rings. The predicted molar refractivity (Wildman–Crippen MR) is 346 cm³/mol. The number of hydrogen-bond donors (Lipinski definition) is 1. The summed E-state index contributed by atoms with van der Waals surface area (Å²) in [6.07, 6.45) is 41.9. The largest absolute Gasteiger partial charge is 0.507 e. The Kier molecular flexibility index (Phi) is 32.7. The number of aromatic hydroxyl groups is 1. The Morgan fingerprint density at radius 3 is 0.935 bits per heavy atom. The van der Waals surface area contributed by atoms with Gasteiger partial charge in [-0.25, -0.2) is 13.2 Å². The van der Waals surface area contributed by atoms with Crippen molar-refractivity contribution in [3.63, 3.8) is 0 Å². The molecule has 436 valence electrons. The highest BCUT2D eigenvalue weighted by atomic mass is 79.9. The lowest BCUT2D eigenvalue weighted by Gasteiger charge is -2.46. The van der Waals surface area contributed by atoms with Crippen molar-refractivity contribution in [2.24, 2.45) is 0 Å².